The zero-order valence-corrected chi connectivity index (χ0v) is 20.2. The van der Waals surface area contributed by atoms with E-state index in [1.54, 1.807) is 14.2 Å². The first-order valence-corrected chi connectivity index (χ1v) is 12.7. The van der Waals surface area contributed by atoms with Crippen LogP contribution in [0.2, 0.25) is 0 Å². The largest absolute Gasteiger partial charge is 0.493 e. The van der Waals surface area contributed by atoms with Gasteiger partial charge in [0, 0.05) is 19.6 Å². The molecule has 0 radical (unpaired) electrons. The van der Waals surface area contributed by atoms with Crippen molar-refractivity contribution in [3.05, 3.63) is 23.3 Å². The molecule has 4 bridgehead atoms. The fraction of sp³-hybridized carbons (Fsp3) is 0.741. The summed E-state index contributed by atoms with van der Waals surface area (Å²) in [5, 5.41) is 0. The molecule has 0 atom stereocenters. The lowest BCUT2D eigenvalue weighted by Crippen LogP contribution is -2.50. The Morgan fingerprint density at radius 1 is 1.00 bits per heavy atom. The quantitative estimate of drug-likeness (QED) is 0.609. The molecule has 6 rings (SSSR count). The minimum Gasteiger partial charge on any atom is -0.493 e. The Bertz CT molecular complexity index is 816. The van der Waals surface area contributed by atoms with Gasteiger partial charge in [0.25, 0.3) is 0 Å². The summed E-state index contributed by atoms with van der Waals surface area (Å²) in [5.74, 6) is 4.74. The average Bonchev–Trinajstić information content (AvgIpc) is 2.89. The third-order valence-corrected chi connectivity index (χ3v) is 8.79. The molecule has 4 saturated carbocycles. The molecule has 1 aromatic carbocycles. The van der Waals surface area contributed by atoms with E-state index in [-0.39, 0.29) is 5.91 Å². The van der Waals surface area contributed by atoms with Crippen molar-refractivity contribution in [1.29, 1.82) is 0 Å². The van der Waals surface area contributed by atoms with Crippen LogP contribution in [0.25, 0.3) is 0 Å². The van der Waals surface area contributed by atoms with Crippen molar-refractivity contribution in [3.8, 4) is 11.5 Å². The minimum atomic E-state index is 0.236. The SMILES string of the molecule is COc1cc2c(cc1OC)CC(=O)N(CCCN(C)CC13CC4CC(CC(C4)C1)C3)CC2. The molecule has 0 spiro atoms. The molecule has 1 heterocycles. The number of methoxy groups -OCH3 is 2. The van der Waals surface area contributed by atoms with E-state index in [0.717, 1.165) is 61.5 Å². The van der Waals surface area contributed by atoms with Gasteiger partial charge in [0.15, 0.2) is 11.5 Å². The summed E-state index contributed by atoms with van der Waals surface area (Å²) >= 11 is 0. The topological polar surface area (TPSA) is 42.0 Å². The zero-order chi connectivity index (χ0) is 22.3. The van der Waals surface area contributed by atoms with Gasteiger partial charge in [0.05, 0.1) is 20.6 Å². The van der Waals surface area contributed by atoms with Crippen LogP contribution in [0.3, 0.4) is 0 Å². The molecule has 1 aromatic rings. The average molecular weight is 441 g/mol. The predicted octanol–water partition coefficient (Wildman–Crippen LogP) is 4.17. The normalized spacial score (nSPS) is 31.1. The monoisotopic (exact) mass is 440 g/mol. The molecule has 0 saturated heterocycles. The van der Waals surface area contributed by atoms with Gasteiger partial charge in [0.1, 0.15) is 0 Å². The summed E-state index contributed by atoms with van der Waals surface area (Å²) in [6.45, 7) is 3.99. The molecule has 0 aromatic heterocycles. The van der Waals surface area contributed by atoms with E-state index in [2.05, 4.69) is 16.8 Å². The van der Waals surface area contributed by atoms with Crippen molar-refractivity contribution in [2.45, 2.75) is 57.8 Å². The van der Waals surface area contributed by atoms with Crippen LogP contribution in [0.4, 0.5) is 0 Å². The van der Waals surface area contributed by atoms with Crippen molar-refractivity contribution in [3.63, 3.8) is 0 Å². The standard InChI is InChI=1S/C27H40N2O3/c1-28(18-27-15-19-9-20(16-27)11-21(10-19)17-27)6-4-7-29-8-5-22-12-24(31-2)25(32-3)13-23(22)14-26(29)30/h12-13,19-21H,4-11,14-18H2,1-3H3. The minimum absolute atomic E-state index is 0.236. The molecule has 4 aliphatic carbocycles. The van der Waals surface area contributed by atoms with E-state index in [0.29, 0.717) is 17.6 Å². The van der Waals surface area contributed by atoms with Crippen molar-refractivity contribution in [2.24, 2.45) is 23.2 Å². The number of amides is 1. The molecule has 0 N–H and O–H groups in total. The van der Waals surface area contributed by atoms with Crippen LogP contribution >= 0.6 is 0 Å². The van der Waals surface area contributed by atoms with Gasteiger partial charge in [-0.1, -0.05) is 0 Å². The predicted molar refractivity (Wildman–Crippen MR) is 126 cm³/mol. The zero-order valence-electron chi connectivity index (χ0n) is 20.2. The number of rotatable bonds is 8. The molecular weight excluding hydrogens is 400 g/mol. The highest BCUT2D eigenvalue weighted by molar-refractivity contribution is 5.80. The molecular formula is C27H40N2O3. The summed E-state index contributed by atoms with van der Waals surface area (Å²) in [4.78, 5) is 17.6. The molecule has 1 amide bonds. The molecule has 4 fully saturated rings. The third-order valence-electron chi connectivity index (χ3n) is 8.79. The van der Waals surface area contributed by atoms with E-state index in [9.17, 15) is 4.79 Å². The summed E-state index contributed by atoms with van der Waals surface area (Å²) in [7, 11) is 5.62. The number of fused-ring (bicyclic) bond motifs is 1. The lowest BCUT2D eigenvalue weighted by Gasteiger charge is -2.57. The summed E-state index contributed by atoms with van der Waals surface area (Å²) in [6.07, 6.45) is 11.3. The van der Waals surface area contributed by atoms with Gasteiger partial charge < -0.3 is 19.3 Å². The maximum atomic E-state index is 12.9. The first-order chi connectivity index (χ1) is 15.5. The summed E-state index contributed by atoms with van der Waals surface area (Å²) in [6, 6.07) is 4.03. The number of ether oxygens (including phenoxy) is 2. The number of carbonyl (C=O) groups is 1. The number of nitrogens with zero attached hydrogens (tertiary/aromatic N) is 2. The third kappa shape index (κ3) is 4.37. The second kappa shape index (κ2) is 8.89. The highest BCUT2D eigenvalue weighted by atomic mass is 16.5. The smallest absolute Gasteiger partial charge is 0.227 e. The van der Waals surface area contributed by atoms with Crippen LogP contribution in [-0.4, -0.2) is 63.2 Å². The molecule has 5 heteroatoms. The molecule has 1 aliphatic heterocycles. The van der Waals surface area contributed by atoms with Gasteiger partial charge in [-0.05, 0) is 111 Å². The van der Waals surface area contributed by atoms with E-state index < -0.39 is 0 Å². The van der Waals surface area contributed by atoms with Crippen molar-refractivity contribution < 1.29 is 14.3 Å². The van der Waals surface area contributed by atoms with E-state index >= 15 is 0 Å². The number of hydrogen-bond acceptors (Lipinski definition) is 4. The van der Waals surface area contributed by atoms with Crippen LogP contribution in [-0.2, 0) is 17.6 Å². The number of hydrogen-bond donors (Lipinski definition) is 0. The molecule has 0 unspecified atom stereocenters. The molecule has 32 heavy (non-hydrogen) atoms. The number of benzene rings is 1. The van der Waals surface area contributed by atoms with Crippen LogP contribution in [0.5, 0.6) is 11.5 Å². The van der Waals surface area contributed by atoms with E-state index in [1.807, 2.05) is 12.1 Å². The lowest BCUT2D eigenvalue weighted by atomic mass is 9.49. The highest BCUT2D eigenvalue weighted by Gasteiger charge is 2.50. The van der Waals surface area contributed by atoms with Gasteiger partial charge in [-0.15, -0.1) is 0 Å². The Hall–Kier alpha value is -1.75. The Morgan fingerprint density at radius 2 is 1.59 bits per heavy atom. The van der Waals surface area contributed by atoms with E-state index in [1.165, 1.54) is 50.6 Å². The molecule has 5 nitrogen and oxygen atoms in total. The maximum absolute atomic E-state index is 12.9. The van der Waals surface area contributed by atoms with Gasteiger partial charge in [-0.2, -0.15) is 0 Å². The lowest BCUT2D eigenvalue weighted by molar-refractivity contribution is -0.130. The van der Waals surface area contributed by atoms with Gasteiger partial charge in [-0.3, -0.25) is 4.79 Å². The van der Waals surface area contributed by atoms with Crippen LogP contribution in [0.1, 0.15) is 56.1 Å². The summed E-state index contributed by atoms with van der Waals surface area (Å²) < 4.78 is 10.9. The number of carbonyl (C=O) groups excluding carboxylic acids is 1. The molecule has 5 aliphatic rings. The van der Waals surface area contributed by atoms with Gasteiger partial charge >= 0.3 is 0 Å². The fourth-order valence-electron chi connectivity index (χ4n) is 7.92. The maximum Gasteiger partial charge on any atom is 0.227 e. The Kier molecular flexibility index (Phi) is 6.13. The first kappa shape index (κ1) is 22.1. The van der Waals surface area contributed by atoms with Crippen molar-refractivity contribution in [1.82, 2.24) is 9.80 Å². The van der Waals surface area contributed by atoms with Crippen LogP contribution in [0, 0.1) is 23.2 Å². The van der Waals surface area contributed by atoms with Gasteiger partial charge in [0.2, 0.25) is 5.91 Å². The van der Waals surface area contributed by atoms with Crippen LogP contribution < -0.4 is 9.47 Å². The second-order valence-corrected chi connectivity index (χ2v) is 11.3. The van der Waals surface area contributed by atoms with Crippen molar-refractivity contribution in [2.75, 3.05) is 47.4 Å². The Labute approximate surface area is 193 Å². The first-order valence-electron chi connectivity index (χ1n) is 12.7. The highest BCUT2D eigenvalue weighted by Crippen LogP contribution is 2.60. The Morgan fingerprint density at radius 3 is 2.19 bits per heavy atom. The molecule has 176 valence electrons. The fourth-order valence-corrected chi connectivity index (χ4v) is 7.92. The van der Waals surface area contributed by atoms with Crippen molar-refractivity contribution >= 4 is 5.91 Å². The van der Waals surface area contributed by atoms with E-state index in [4.69, 9.17) is 9.47 Å². The summed E-state index contributed by atoms with van der Waals surface area (Å²) in [5.41, 5.74) is 2.88. The Balaban J connectivity index is 1.13. The second-order valence-electron chi connectivity index (χ2n) is 11.3. The van der Waals surface area contributed by atoms with Crippen LogP contribution in [0.15, 0.2) is 12.1 Å². The van der Waals surface area contributed by atoms with Gasteiger partial charge in [-0.25, -0.2) is 0 Å².